The molecule has 0 spiro atoms. The number of esters is 1. The van der Waals surface area contributed by atoms with Crippen LogP contribution >= 0.6 is 0 Å². The van der Waals surface area contributed by atoms with Gasteiger partial charge in [-0.3, -0.25) is 0 Å². The second kappa shape index (κ2) is 9.90. The van der Waals surface area contributed by atoms with Gasteiger partial charge in [0.15, 0.2) is 5.82 Å². The topological polar surface area (TPSA) is 114 Å². The number of para-hydroxylation sites is 1. The van der Waals surface area contributed by atoms with Crippen molar-refractivity contribution in [3.8, 4) is 5.75 Å². The summed E-state index contributed by atoms with van der Waals surface area (Å²) in [5, 5.41) is 6.53. The highest BCUT2D eigenvalue weighted by Crippen LogP contribution is 2.33. The van der Waals surface area contributed by atoms with Gasteiger partial charge in [0.2, 0.25) is 5.95 Å². The Morgan fingerprint density at radius 2 is 1.86 bits per heavy atom. The van der Waals surface area contributed by atoms with Gasteiger partial charge >= 0.3 is 5.97 Å². The van der Waals surface area contributed by atoms with Crippen LogP contribution in [0.4, 0.5) is 28.8 Å². The molecule has 1 fully saturated rings. The molecule has 35 heavy (non-hydrogen) atoms. The summed E-state index contributed by atoms with van der Waals surface area (Å²) < 4.78 is 16.0. The van der Waals surface area contributed by atoms with Gasteiger partial charge in [-0.15, -0.1) is 0 Å². The lowest BCUT2D eigenvalue weighted by Crippen LogP contribution is -2.36. The third-order valence-electron chi connectivity index (χ3n) is 5.80. The van der Waals surface area contributed by atoms with Crippen molar-refractivity contribution in [1.82, 2.24) is 15.0 Å². The second-order valence-electron chi connectivity index (χ2n) is 7.90. The first kappa shape index (κ1) is 22.5. The van der Waals surface area contributed by atoms with Crippen molar-refractivity contribution in [3.05, 3.63) is 60.3 Å². The fraction of sp³-hybridized carbons (Fsp3) is 0.240. The van der Waals surface area contributed by atoms with E-state index in [-0.39, 0.29) is 0 Å². The van der Waals surface area contributed by atoms with Crippen LogP contribution in [-0.2, 0) is 9.47 Å². The first-order valence-corrected chi connectivity index (χ1v) is 11.2. The minimum atomic E-state index is -0.437. The third kappa shape index (κ3) is 4.69. The molecule has 0 radical (unpaired) electrons. The van der Waals surface area contributed by atoms with Crippen LogP contribution in [0.15, 0.2) is 54.7 Å². The van der Waals surface area contributed by atoms with Gasteiger partial charge in [-0.05, 0) is 30.3 Å². The minimum Gasteiger partial charge on any atom is -0.494 e. The van der Waals surface area contributed by atoms with E-state index >= 15 is 0 Å². The summed E-state index contributed by atoms with van der Waals surface area (Å²) in [5.41, 5.74) is 4.21. The first-order valence-electron chi connectivity index (χ1n) is 11.2. The number of rotatable bonds is 7. The van der Waals surface area contributed by atoms with Crippen molar-refractivity contribution in [1.29, 1.82) is 0 Å². The number of nitrogens with one attached hydrogen (secondary N) is 3. The van der Waals surface area contributed by atoms with E-state index in [0.29, 0.717) is 53.0 Å². The SMILES string of the molecule is COC(=O)c1ccccc1Nc1nc(Nc2ccc(N3CCOCC3)cc2OC)nc2cc[nH]c12. The summed E-state index contributed by atoms with van der Waals surface area (Å²) in [6.45, 7) is 3.10. The normalized spacial score (nSPS) is 13.5. The number of hydrogen-bond acceptors (Lipinski definition) is 9. The number of carbonyl (C=O) groups excluding carboxylic acids is 1. The molecule has 0 atom stereocenters. The Kier molecular flexibility index (Phi) is 6.36. The zero-order valence-electron chi connectivity index (χ0n) is 19.5. The second-order valence-corrected chi connectivity index (χ2v) is 7.90. The van der Waals surface area contributed by atoms with E-state index in [2.05, 4.69) is 30.5 Å². The number of fused-ring (bicyclic) bond motifs is 1. The standard InChI is InChI=1S/C25H26N6O4/c1-33-21-15-16(31-11-13-35-14-12-31)7-8-19(21)28-25-29-20-9-10-26-22(20)23(30-25)27-18-6-4-3-5-17(18)24(32)34-2/h3-10,15,26H,11-14H2,1-2H3,(H2,27,28,29,30). The average Bonchev–Trinajstić information content (AvgIpc) is 3.38. The molecule has 0 aliphatic carbocycles. The third-order valence-corrected chi connectivity index (χ3v) is 5.80. The Bertz CT molecular complexity index is 1350. The summed E-state index contributed by atoms with van der Waals surface area (Å²) in [7, 11) is 2.99. The molecule has 3 heterocycles. The zero-order valence-corrected chi connectivity index (χ0v) is 19.5. The Labute approximate surface area is 202 Å². The number of morpholine rings is 1. The number of aromatic nitrogens is 3. The maximum Gasteiger partial charge on any atom is 0.339 e. The molecular formula is C25H26N6O4. The predicted octanol–water partition coefficient (Wildman–Crippen LogP) is 4.08. The highest BCUT2D eigenvalue weighted by atomic mass is 16.5. The maximum atomic E-state index is 12.2. The van der Waals surface area contributed by atoms with E-state index in [1.165, 1.54) is 7.11 Å². The van der Waals surface area contributed by atoms with Crippen LogP contribution in [0, 0.1) is 0 Å². The van der Waals surface area contributed by atoms with Gasteiger partial charge in [-0.25, -0.2) is 9.78 Å². The monoisotopic (exact) mass is 474 g/mol. The van der Waals surface area contributed by atoms with Crippen LogP contribution in [0.2, 0.25) is 0 Å². The zero-order chi connectivity index (χ0) is 24.2. The van der Waals surface area contributed by atoms with Crippen molar-refractivity contribution in [2.45, 2.75) is 0 Å². The molecule has 0 unspecified atom stereocenters. The number of benzene rings is 2. The fourth-order valence-electron chi connectivity index (χ4n) is 4.02. The number of methoxy groups -OCH3 is 2. The van der Waals surface area contributed by atoms with Gasteiger partial charge < -0.3 is 34.7 Å². The number of ether oxygens (including phenoxy) is 3. The molecular weight excluding hydrogens is 448 g/mol. The van der Waals surface area contributed by atoms with E-state index in [0.717, 1.165) is 24.5 Å². The summed E-state index contributed by atoms with van der Waals surface area (Å²) >= 11 is 0. The van der Waals surface area contributed by atoms with E-state index in [1.54, 1.807) is 31.5 Å². The largest absolute Gasteiger partial charge is 0.494 e. The molecule has 10 nitrogen and oxygen atoms in total. The van der Waals surface area contributed by atoms with Crippen molar-refractivity contribution >= 4 is 45.8 Å². The highest BCUT2D eigenvalue weighted by Gasteiger charge is 2.17. The molecule has 2 aromatic carbocycles. The smallest absolute Gasteiger partial charge is 0.339 e. The molecule has 1 aliphatic heterocycles. The number of hydrogen-bond donors (Lipinski definition) is 3. The Morgan fingerprint density at radius 3 is 2.66 bits per heavy atom. The van der Waals surface area contributed by atoms with Gasteiger partial charge in [0.25, 0.3) is 0 Å². The molecule has 1 aliphatic rings. The molecule has 0 amide bonds. The van der Waals surface area contributed by atoms with Crippen molar-refractivity contribution in [2.24, 2.45) is 0 Å². The van der Waals surface area contributed by atoms with Gasteiger partial charge in [-0.2, -0.15) is 4.98 Å². The van der Waals surface area contributed by atoms with Gasteiger partial charge in [0.05, 0.1) is 49.9 Å². The van der Waals surface area contributed by atoms with Crippen molar-refractivity contribution in [3.63, 3.8) is 0 Å². The van der Waals surface area contributed by atoms with Crippen LogP contribution in [0.25, 0.3) is 11.0 Å². The quantitative estimate of drug-likeness (QED) is 0.341. The van der Waals surface area contributed by atoms with Gasteiger partial charge in [0.1, 0.15) is 11.3 Å². The number of carbonyl (C=O) groups is 1. The van der Waals surface area contributed by atoms with E-state index in [4.69, 9.17) is 14.2 Å². The van der Waals surface area contributed by atoms with Crippen LogP contribution in [0.1, 0.15) is 10.4 Å². The molecule has 180 valence electrons. The molecule has 2 aromatic heterocycles. The Hall–Kier alpha value is -4.31. The molecule has 0 bridgehead atoms. The molecule has 5 rings (SSSR count). The Balaban J connectivity index is 1.46. The summed E-state index contributed by atoms with van der Waals surface area (Å²) in [5.74, 6) is 1.14. The summed E-state index contributed by atoms with van der Waals surface area (Å²) in [6.07, 6.45) is 1.79. The summed E-state index contributed by atoms with van der Waals surface area (Å²) in [6, 6.07) is 15.0. The fourth-order valence-corrected chi connectivity index (χ4v) is 4.02. The number of nitrogens with zero attached hydrogens (tertiary/aromatic N) is 3. The van der Waals surface area contributed by atoms with Crippen LogP contribution < -0.4 is 20.3 Å². The molecule has 3 N–H and O–H groups in total. The highest BCUT2D eigenvalue weighted by molar-refractivity contribution is 5.98. The van der Waals surface area contributed by atoms with Crippen LogP contribution in [-0.4, -0.2) is 61.4 Å². The van der Waals surface area contributed by atoms with Gasteiger partial charge in [0, 0.05) is 31.0 Å². The van der Waals surface area contributed by atoms with E-state index in [9.17, 15) is 4.79 Å². The van der Waals surface area contributed by atoms with Crippen molar-refractivity contribution in [2.75, 3.05) is 56.1 Å². The van der Waals surface area contributed by atoms with Crippen LogP contribution in [0.5, 0.6) is 5.75 Å². The first-order chi connectivity index (χ1) is 17.2. The minimum absolute atomic E-state index is 0.382. The number of aromatic amines is 1. The maximum absolute atomic E-state index is 12.2. The van der Waals surface area contributed by atoms with Crippen molar-refractivity contribution < 1.29 is 19.0 Å². The number of H-pyrrole nitrogens is 1. The van der Waals surface area contributed by atoms with Crippen LogP contribution in [0.3, 0.4) is 0 Å². The lowest BCUT2D eigenvalue weighted by Gasteiger charge is -2.29. The summed E-state index contributed by atoms with van der Waals surface area (Å²) in [4.78, 5) is 26.9. The average molecular weight is 475 g/mol. The molecule has 10 heteroatoms. The molecule has 0 saturated carbocycles. The number of anilines is 5. The lowest BCUT2D eigenvalue weighted by atomic mass is 10.2. The molecule has 4 aromatic rings. The van der Waals surface area contributed by atoms with E-state index in [1.807, 2.05) is 30.3 Å². The Morgan fingerprint density at radius 1 is 1.03 bits per heavy atom. The molecule has 1 saturated heterocycles. The lowest BCUT2D eigenvalue weighted by molar-refractivity contribution is 0.0602. The van der Waals surface area contributed by atoms with E-state index < -0.39 is 5.97 Å². The predicted molar refractivity (Wildman–Crippen MR) is 134 cm³/mol. The van der Waals surface area contributed by atoms with Gasteiger partial charge in [-0.1, -0.05) is 12.1 Å².